The van der Waals surface area contributed by atoms with Crippen LogP contribution < -0.4 is 0 Å². The fourth-order valence-electron chi connectivity index (χ4n) is 5.07. The topological polar surface area (TPSA) is 36.0 Å². The lowest BCUT2D eigenvalue weighted by molar-refractivity contribution is -0.147. The second-order valence-electron chi connectivity index (χ2n) is 8.70. The average molecular weight is 352 g/mol. The number of hydrogen-bond donors (Lipinski definition) is 0. The molecule has 0 spiro atoms. The highest BCUT2D eigenvalue weighted by molar-refractivity contribution is 5.82. The quantitative estimate of drug-likeness (QED) is 0.778. The van der Waals surface area contributed by atoms with Crippen molar-refractivity contribution in [1.29, 1.82) is 0 Å². The van der Waals surface area contributed by atoms with E-state index in [2.05, 4.69) is 42.4 Å². The van der Waals surface area contributed by atoms with Gasteiger partial charge in [0, 0.05) is 45.3 Å². The number of nitrogens with zero attached hydrogens (tertiary/aromatic N) is 3. The van der Waals surface area contributed by atoms with E-state index in [4.69, 9.17) is 4.74 Å². The number of ether oxygens (including phenoxy) is 1. The smallest absolute Gasteiger partial charge is 0.240 e. The zero-order chi connectivity index (χ0) is 18.0. The Morgan fingerprint density at radius 2 is 1.52 bits per heavy atom. The lowest BCUT2D eigenvalue weighted by Gasteiger charge is -2.44. The second-order valence-corrected chi connectivity index (χ2v) is 8.70. The molecule has 2 heterocycles. The summed E-state index contributed by atoms with van der Waals surface area (Å²) in [6, 6.07) is 0.769. The van der Waals surface area contributed by atoms with Crippen molar-refractivity contribution < 1.29 is 9.53 Å². The number of piperazine rings is 1. The average Bonchev–Trinajstić information content (AvgIpc) is 3.08. The molecule has 144 valence electrons. The van der Waals surface area contributed by atoms with Gasteiger partial charge in [-0.15, -0.1) is 0 Å². The van der Waals surface area contributed by atoms with Crippen molar-refractivity contribution in [2.75, 3.05) is 39.3 Å². The van der Waals surface area contributed by atoms with Gasteiger partial charge in [0.25, 0.3) is 0 Å². The zero-order valence-electron chi connectivity index (χ0n) is 16.6. The summed E-state index contributed by atoms with van der Waals surface area (Å²) in [6.07, 6.45) is 5.88. The molecule has 3 unspecified atom stereocenters. The van der Waals surface area contributed by atoms with Crippen molar-refractivity contribution in [2.24, 2.45) is 5.92 Å². The summed E-state index contributed by atoms with van der Waals surface area (Å²) < 4.78 is 5.87. The predicted molar refractivity (Wildman–Crippen MR) is 101 cm³/mol. The van der Waals surface area contributed by atoms with E-state index < -0.39 is 0 Å². The van der Waals surface area contributed by atoms with Crippen LogP contribution in [0.3, 0.4) is 0 Å². The maximum atomic E-state index is 13.3. The molecule has 0 N–H and O–H groups in total. The number of morpholine rings is 1. The van der Waals surface area contributed by atoms with Gasteiger partial charge in [0.15, 0.2) is 0 Å². The molecule has 0 bridgehead atoms. The van der Waals surface area contributed by atoms with Crippen LogP contribution in [0.1, 0.15) is 53.4 Å². The highest BCUT2D eigenvalue weighted by Crippen LogP contribution is 2.25. The lowest BCUT2D eigenvalue weighted by atomic mass is 9.98. The van der Waals surface area contributed by atoms with E-state index in [0.717, 1.165) is 45.3 Å². The Hall–Kier alpha value is -0.650. The first-order valence-corrected chi connectivity index (χ1v) is 10.4. The Morgan fingerprint density at radius 1 is 0.960 bits per heavy atom. The van der Waals surface area contributed by atoms with Crippen LogP contribution in [0, 0.1) is 5.92 Å². The van der Waals surface area contributed by atoms with Gasteiger partial charge in [-0.3, -0.25) is 14.6 Å². The molecule has 0 radical (unpaired) electrons. The van der Waals surface area contributed by atoms with E-state index in [9.17, 15) is 4.79 Å². The number of carbonyl (C=O) groups is 1. The van der Waals surface area contributed by atoms with Gasteiger partial charge < -0.3 is 9.64 Å². The third kappa shape index (κ3) is 4.55. The molecule has 1 saturated carbocycles. The van der Waals surface area contributed by atoms with Crippen LogP contribution in [0.25, 0.3) is 0 Å². The molecule has 5 nitrogen and oxygen atoms in total. The van der Waals surface area contributed by atoms with Gasteiger partial charge in [-0.2, -0.15) is 0 Å². The van der Waals surface area contributed by atoms with Crippen LogP contribution in [0.5, 0.6) is 0 Å². The van der Waals surface area contributed by atoms with Crippen LogP contribution >= 0.6 is 0 Å². The van der Waals surface area contributed by atoms with Crippen molar-refractivity contribution in [1.82, 2.24) is 14.7 Å². The number of carbonyl (C=O) groups excluding carboxylic acids is 1. The zero-order valence-corrected chi connectivity index (χ0v) is 16.6. The molecule has 2 saturated heterocycles. The third-order valence-corrected chi connectivity index (χ3v) is 6.19. The summed E-state index contributed by atoms with van der Waals surface area (Å²) >= 11 is 0. The summed E-state index contributed by atoms with van der Waals surface area (Å²) in [6.45, 7) is 14.2. The van der Waals surface area contributed by atoms with Crippen LogP contribution in [0.4, 0.5) is 0 Å². The number of rotatable bonds is 4. The minimum absolute atomic E-state index is 0.00756. The van der Waals surface area contributed by atoms with Gasteiger partial charge in [0.05, 0.1) is 18.2 Å². The molecule has 0 aromatic rings. The first-order chi connectivity index (χ1) is 12.0. The van der Waals surface area contributed by atoms with Gasteiger partial charge in [0.1, 0.15) is 0 Å². The fourth-order valence-corrected chi connectivity index (χ4v) is 5.07. The van der Waals surface area contributed by atoms with Crippen molar-refractivity contribution in [2.45, 2.75) is 77.7 Å². The summed E-state index contributed by atoms with van der Waals surface area (Å²) in [7, 11) is 0. The van der Waals surface area contributed by atoms with Crippen LogP contribution in [0.15, 0.2) is 0 Å². The SMILES string of the molecule is CC1CN(C(C(=O)N2CCN(C3CCCC3)CC2)C(C)C)CC(C)O1. The molecule has 1 amide bonds. The van der Waals surface area contributed by atoms with Gasteiger partial charge in [-0.1, -0.05) is 26.7 Å². The maximum Gasteiger partial charge on any atom is 0.240 e. The Bertz CT molecular complexity index is 432. The largest absolute Gasteiger partial charge is 0.373 e. The lowest BCUT2D eigenvalue weighted by Crippen LogP contribution is -2.60. The Balaban J connectivity index is 1.59. The molecule has 3 aliphatic rings. The third-order valence-electron chi connectivity index (χ3n) is 6.19. The molecule has 25 heavy (non-hydrogen) atoms. The van der Waals surface area contributed by atoms with E-state index in [1.54, 1.807) is 0 Å². The minimum atomic E-state index is -0.00756. The first-order valence-electron chi connectivity index (χ1n) is 10.4. The van der Waals surface area contributed by atoms with E-state index in [1.807, 2.05) is 0 Å². The highest BCUT2D eigenvalue weighted by Gasteiger charge is 2.37. The van der Waals surface area contributed by atoms with Gasteiger partial charge in [-0.25, -0.2) is 0 Å². The van der Waals surface area contributed by atoms with Crippen LogP contribution in [-0.4, -0.2) is 84.2 Å². The Morgan fingerprint density at radius 3 is 2.04 bits per heavy atom. The molecular weight excluding hydrogens is 314 g/mol. The summed E-state index contributed by atoms with van der Waals surface area (Å²) in [5.74, 6) is 0.667. The normalized spacial score (nSPS) is 31.6. The molecule has 0 aromatic heterocycles. The van der Waals surface area contributed by atoms with Gasteiger partial charge >= 0.3 is 0 Å². The standard InChI is InChI=1S/C20H37N3O2/c1-15(2)19(23-13-16(3)25-17(4)14-23)20(24)22-11-9-21(10-12-22)18-7-5-6-8-18/h15-19H,5-14H2,1-4H3. The second kappa shape index (κ2) is 8.36. The molecule has 5 heteroatoms. The molecule has 3 atom stereocenters. The Kier molecular flexibility index (Phi) is 6.39. The van der Waals surface area contributed by atoms with E-state index in [-0.39, 0.29) is 18.2 Å². The number of amides is 1. The van der Waals surface area contributed by atoms with E-state index >= 15 is 0 Å². The van der Waals surface area contributed by atoms with E-state index in [1.165, 1.54) is 25.7 Å². The molecule has 3 fully saturated rings. The van der Waals surface area contributed by atoms with E-state index in [0.29, 0.717) is 11.8 Å². The van der Waals surface area contributed by atoms with Crippen molar-refractivity contribution in [3.05, 3.63) is 0 Å². The minimum Gasteiger partial charge on any atom is -0.373 e. The van der Waals surface area contributed by atoms with Crippen molar-refractivity contribution in [3.8, 4) is 0 Å². The fraction of sp³-hybridized carbons (Fsp3) is 0.950. The van der Waals surface area contributed by atoms with Crippen molar-refractivity contribution in [3.63, 3.8) is 0 Å². The molecule has 0 aromatic carbocycles. The van der Waals surface area contributed by atoms with Crippen LogP contribution in [0.2, 0.25) is 0 Å². The summed E-state index contributed by atoms with van der Waals surface area (Å²) in [5.41, 5.74) is 0. The van der Waals surface area contributed by atoms with Gasteiger partial charge in [-0.05, 0) is 32.6 Å². The van der Waals surface area contributed by atoms with Crippen molar-refractivity contribution >= 4 is 5.91 Å². The molecular formula is C20H37N3O2. The molecule has 1 aliphatic carbocycles. The first kappa shape index (κ1) is 19.1. The van der Waals surface area contributed by atoms with Gasteiger partial charge in [0.2, 0.25) is 5.91 Å². The molecule has 2 aliphatic heterocycles. The Labute approximate surface area is 153 Å². The van der Waals surface area contributed by atoms with Crippen LogP contribution in [-0.2, 0) is 9.53 Å². The highest BCUT2D eigenvalue weighted by atomic mass is 16.5. The monoisotopic (exact) mass is 351 g/mol. The summed E-state index contributed by atoms with van der Waals surface area (Å²) in [5, 5.41) is 0. The summed E-state index contributed by atoms with van der Waals surface area (Å²) in [4.78, 5) is 20.4. The predicted octanol–water partition coefficient (Wildman–Crippen LogP) is 2.21. The molecule has 3 rings (SSSR count). The number of hydrogen-bond acceptors (Lipinski definition) is 4. The maximum absolute atomic E-state index is 13.3.